The van der Waals surface area contributed by atoms with Crippen LogP contribution in [0.2, 0.25) is 0 Å². The van der Waals surface area contributed by atoms with Gasteiger partial charge in [0.1, 0.15) is 0 Å². The molecule has 0 aromatic heterocycles. The molecule has 0 aliphatic rings. The number of hydrogen-bond acceptors (Lipinski definition) is 4. The molecule has 0 saturated carbocycles. The average molecular weight is 294 g/mol. The van der Waals surface area contributed by atoms with E-state index in [1.165, 1.54) is 25.7 Å². The molecule has 2 unspecified atom stereocenters. The Labute approximate surface area is 129 Å². The van der Waals surface area contributed by atoms with Crippen molar-refractivity contribution >= 4 is 0 Å². The molecule has 4 nitrogen and oxygen atoms in total. The first-order valence-electron chi connectivity index (χ1n) is 7.88. The number of nitrogens with two attached hydrogens (primary N) is 1. The van der Waals surface area contributed by atoms with Gasteiger partial charge in [-0.15, -0.1) is 0 Å². The summed E-state index contributed by atoms with van der Waals surface area (Å²) in [5.41, 5.74) is 4.01. The van der Waals surface area contributed by atoms with Gasteiger partial charge in [-0.3, -0.25) is 11.3 Å². The molecule has 0 heterocycles. The number of benzene rings is 1. The lowest BCUT2D eigenvalue weighted by Gasteiger charge is -2.24. The summed E-state index contributed by atoms with van der Waals surface area (Å²) in [4.78, 5) is 0. The molecule has 120 valence electrons. The van der Waals surface area contributed by atoms with Crippen molar-refractivity contribution in [3.63, 3.8) is 0 Å². The Morgan fingerprint density at radius 3 is 2.48 bits per heavy atom. The minimum absolute atomic E-state index is 0.0804. The van der Waals surface area contributed by atoms with Crippen molar-refractivity contribution < 1.29 is 9.47 Å². The molecule has 3 N–H and O–H groups in total. The van der Waals surface area contributed by atoms with Crippen molar-refractivity contribution in [3.8, 4) is 11.5 Å². The van der Waals surface area contributed by atoms with Crippen LogP contribution in [0.5, 0.6) is 11.5 Å². The number of para-hydroxylation sites is 1. The second-order valence-electron chi connectivity index (χ2n) is 5.45. The highest BCUT2D eigenvalue weighted by molar-refractivity contribution is 5.48. The average Bonchev–Trinajstić information content (AvgIpc) is 2.54. The molecule has 4 heteroatoms. The minimum Gasteiger partial charge on any atom is -0.493 e. The van der Waals surface area contributed by atoms with Crippen molar-refractivity contribution in [2.75, 3.05) is 14.2 Å². The van der Waals surface area contributed by atoms with Crippen LogP contribution in [0.3, 0.4) is 0 Å². The van der Waals surface area contributed by atoms with Gasteiger partial charge in [0.25, 0.3) is 0 Å². The van der Waals surface area contributed by atoms with Gasteiger partial charge in [-0.05, 0) is 18.4 Å². The SMILES string of the molecule is CCCCC(CC)CC(NN)c1cccc(OC)c1OC. The van der Waals surface area contributed by atoms with Gasteiger partial charge in [-0.1, -0.05) is 51.7 Å². The van der Waals surface area contributed by atoms with E-state index in [-0.39, 0.29) is 6.04 Å². The van der Waals surface area contributed by atoms with Crippen molar-refractivity contribution in [1.82, 2.24) is 5.43 Å². The largest absolute Gasteiger partial charge is 0.493 e. The van der Waals surface area contributed by atoms with Crippen LogP contribution in [0, 0.1) is 5.92 Å². The Hall–Kier alpha value is -1.26. The van der Waals surface area contributed by atoms with Crippen LogP contribution in [0.25, 0.3) is 0 Å². The second-order valence-corrected chi connectivity index (χ2v) is 5.45. The maximum absolute atomic E-state index is 5.81. The third kappa shape index (κ3) is 4.90. The molecule has 21 heavy (non-hydrogen) atoms. The fourth-order valence-electron chi connectivity index (χ4n) is 2.79. The lowest BCUT2D eigenvalue weighted by Crippen LogP contribution is -2.30. The molecule has 0 radical (unpaired) electrons. The molecular weight excluding hydrogens is 264 g/mol. The molecule has 0 aliphatic heterocycles. The normalized spacial score (nSPS) is 13.8. The zero-order valence-corrected chi connectivity index (χ0v) is 13.8. The summed E-state index contributed by atoms with van der Waals surface area (Å²) >= 11 is 0. The van der Waals surface area contributed by atoms with E-state index in [0.29, 0.717) is 5.92 Å². The van der Waals surface area contributed by atoms with Crippen LogP contribution in [0.15, 0.2) is 18.2 Å². The highest BCUT2D eigenvalue weighted by atomic mass is 16.5. The lowest BCUT2D eigenvalue weighted by atomic mass is 9.89. The van der Waals surface area contributed by atoms with Gasteiger partial charge < -0.3 is 9.47 Å². The van der Waals surface area contributed by atoms with E-state index in [1.54, 1.807) is 14.2 Å². The first kappa shape index (κ1) is 17.8. The minimum atomic E-state index is 0.0804. The molecule has 0 fully saturated rings. The van der Waals surface area contributed by atoms with Crippen LogP contribution in [0.1, 0.15) is 57.6 Å². The van der Waals surface area contributed by atoms with Gasteiger partial charge in [-0.2, -0.15) is 0 Å². The lowest BCUT2D eigenvalue weighted by molar-refractivity contribution is 0.327. The zero-order chi connectivity index (χ0) is 15.7. The maximum Gasteiger partial charge on any atom is 0.165 e. The third-order valence-corrected chi connectivity index (χ3v) is 4.12. The molecule has 2 atom stereocenters. The topological polar surface area (TPSA) is 56.5 Å². The van der Waals surface area contributed by atoms with Gasteiger partial charge in [0.05, 0.1) is 20.3 Å². The predicted octanol–water partition coefficient (Wildman–Crippen LogP) is 3.81. The zero-order valence-electron chi connectivity index (χ0n) is 13.8. The van der Waals surface area contributed by atoms with Crippen molar-refractivity contribution in [2.24, 2.45) is 11.8 Å². The fraction of sp³-hybridized carbons (Fsp3) is 0.647. The molecule has 0 spiro atoms. The fourth-order valence-corrected chi connectivity index (χ4v) is 2.79. The monoisotopic (exact) mass is 294 g/mol. The number of unbranched alkanes of at least 4 members (excludes halogenated alkanes) is 1. The summed E-state index contributed by atoms with van der Waals surface area (Å²) in [6, 6.07) is 6.02. The van der Waals surface area contributed by atoms with Gasteiger partial charge >= 0.3 is 0 Å². The first-order valence-corrected chi connectivity index (χ1v) is 7.88. The Morgan fingerprint density at radius 1 is 1.19 bits per heavy atom. The Bertz CT molecular complexity index is 410. The van der Waals surface area contributed by atoms with Gasteiger partial charge in [0.2, 0.25) is 0 Å². The summed E-state index contributed by atoms with van der Waals surface area (Å²) in [7, 11) is 3.33. The number of hydrogen-bond donors (Lipinski definition) is 2. The third-order valence-electron chi connectivity index (χ3n) is 4.12. The van der Waals surface area contributed by atoms with E-state index in [2.05, 4.69) is 25.3 Å². The number of nitrogens with one attached hydrogen (secondary N) is 1. The maximum atomic E-state index is 5.81. The van der Waals surface area contributed by atoms with Crippen molar-refractivity contribution in [2.45, 2.75) is 52.0 Å². The van der Waals surface area contributed by atoms with Crippen molar-refractivity contribution in [1.29, 1.82) is 0 Å². The Balaban J connectivity index is 2.93. The smallest absolute Gasteiger partial charge is 0.165 e. The molecule has 0 amide bonds. The summed E-state index contributed by atoms with van der Waals surface area (Å²) in [6.45, 7) is 4.48. The van der Waals surface area contributed by atoms with E-state index < -0.39 is 0 Å². The summed E-state index contributed by atoms with van der Waals surface area (Å²) in [5.74, 6) is 7.99. The number of ether oxygens (including phenoxy) is 2. The standard InChI is InChI=1S/C17H30N2O2/c1-5-7-9-13(6-2)12-15(19-18)14-10-8-11-16(20-3)17(14)21-4/h8,10-11,13,15,19H,5-7,9,12,18H2,1-4H3. The quantitative estimate of drug-likeness (QED) is 0.509. The number of rotatable bonds is 10. The van der Waals surface area contributed by atoms with E-state index in [1.807, 2.05) is 12.1 Å². The molecule has 0 aliphatic carbocycles. The van der Waals surface area contributed by atoms with Gasteiger partial charge in [0, 0.05) is 5.56 Å². The summed E-state index contributed by atoms with van der Waals surface area (Å²) in [5, 5.41) is 0. The molecule has 0 saturated heterocycles. The van der Waals surface area contributed by atoms with Crippen molar-refractivity contribution in [3.05, 3.63) is 23.8 Å². The second kappa shape index (κ2) is 9.64. The molecule has 1 aromatic rings. The van der Waals surface area contributed by atoms with E-state index in [9.17, 15) is 0 Å². The highest BCUT2D eigenvalue weighted by Gasteiger charge is 2.21. The van der Waals surface area contributed by atoms with E-state index >= 15 is 0 Å². The molecule has 1 rings (SSSR count). The molecule has 1 aromatic carbocycles. The van der Waals surface area contributed by atoms with E-state index in [4.69, 9.17) is 15.3 Å². The van der Waals surface area contributed by atoms with Gasteiger partial charge in [0.15, 0.2) is 11.5 Å². The van der Waals surface area contributed by atoms with Gasteiger partial charge in [-0.25, -0.2) is 0 Å². The first-order chi connectivity index (χ1) is 10.2. The summed E-state index contributed by atoms with van der Waals surface area (Å²) in [6.07, 6.45) is 5.93. The van der Waals surface area contributed by atoms with E-state index in [0.717, 1.165) is 23.5 Å². The summed E-state index contributed by atoms with van der Waals surface area (Å²) < 4.78 is 10.9. The number of hydrazine groups is 1. The predicted molar refractivity (Wildman–Crippen MR) is 87.5 cm³/mol. The van der Waals surface area contributed by atoms with Crippen LogP contribution in [-0.2, 0) is 0 Å². The molecule has 0 bridgehead atoms. The van der Waals surface area contributed by atoms with Crippen LogP contribution >= 0.6 is 0 Å². The molecular formula is C17H30N2O2. The Morgan fingerprint density at radius 2 is 1.95 bits per heavy atom. The Kier molecular flexibility index (Phi) is 8.16. The highest BCUT2D eigenvalue weighted by Crippen LogP contribution is 2.37. The number of methoxy groups -OCH3 is 2. The van der Waals surface area contributed by atoms with Crippen LogP contribution in [-0.4, -0.2) is 14.2 Å². The van der Waals surface area contributed by atoms with Crippen LogP contribution < -0.4 is 20.7 Å². The van der Waals surface area contributed by atoms with Crippen LogP contribution in [0.4, 0.5) is 0 Å².